The quantitative estimate of drug-likeness (QED) is 0.755. The van der Waals surface area contributed by atoms with Crippen LogP contribution in [0.15, 0.2) is 42.6 Å². The van der Waals surface area contributed by atoms with Gasteiger partial charge in [-0.05, 0) is 12.0 Å². The third-order valence-electron chi connectivity index (χ3n) is 3.33. The SMILES string of the molecule is CCCCCC(Nc1ccn(C)n1)c1ccccc1. The minimum Gasteiger partial charge on any atom is -0.362 e. The number of aromatic nitrogens is 2. The van der Waals surface area contributed by atoms with Crippen molar-refractivity contribution in [3.8, 4) is 0 Å². The molecule has 0 fully saturated rings. The molecule has 0 spiro atoms. The first kappa shape index (κ1) is 13.7. The zero-order valence-corrected chi connectivity index (χ0v) is 11.8. The molecule has 0 saturated carbocycles. The monoisotopic (exact) mass is 257 g/mol. The Labute approximate surface area is 115 Å². The summed E-state index contributed by atoms with van der Waals surface area (Å²) >= 11 is 0. The summed E-state index contributed by atoms with van der Waals surface area (Å²) in [6.07, 6.45) is 6.90. The number of aryl methyl sites for hydroxylation is 1. The molecule has 1 unspecified atom stereocenters. The van der Waals surface area contributed by atoms with Crippen LogP contribution in [0, 0.1) is 0 Å². The highest BCUT2D eigenvalue weighted by Crippen LogP contribution is 2.23. The highest BCUT2D eigenvalue weighted by Gasteiger charge is 2.11. The second kappa shape index (κ2) is 6.98. The van der Waals surface area contributed by atoms with Crippen LogP contribution in [0.5, 0.6) is 0 Å². The van der Waals surface area contributed by atoms with Gasteiger partial charge in [-0.15, -0.1) is 0 Å². The third kappa shape index (κ3) is 4.12. The van der Waals surface area contributed by atoms with Crippen LogP contribution in [-0.4, -0.2) is 9.78 Å². The lowest BCUT2D eigenvalue weighted by molar-refractivity contribution is 0.603. The first-order valence-electron chi connectivity index (χ1n) is 7.10. The summed E-state index contributed by atoms with van der Waals surface area (Å²) in [5.74, 6) is 0.952. The largest absolute Gasteiger partial charge is 0.362 e. The molecule has 2 rings (SSSR count). The van der Waals surface area contributed by atoms with Gasteiger partial charge in [-0.3, -0.25) is 4.68 Å². The Morgan fingerprint density at radius 2 is 1.95 bits per heavy atom. The molecule has 19 heavy (non-hydrogen) atoms. The Kier molecular flexibility index (Phi) is 5.01. The molecule has 3 nitrogen and oxygen atoms in total. The number of hydrogen-bond donors (Lipinski definition) is 1. The maximum absolute atomic E-state index is 4.41. The number of unbranched alkanes of at least 4 members (excludes halogenated alkanes) is 2. The highest BCUT2D eigenvalue weighted by atomic mass is 15.3. The van der Waals surface area contributed by atoms with E-state index in [1.54, 1.807) is 0 Å². The highest BCUT2D eigenvalue weighted by molar-refractivity contribution is 5.37. The molecule has 0 aliphatic carbocycles. The molecular weight excluding hydrogens is 234 g/mol. The molecule has 0 aliphatic heterocycles. The van der Waals surface area contributed by atoms with Crippen molar-refractivity contribution < 1.29 is 0 Å². The summed E-state index contributed by atoms with van der Waals surface area (Å²) in [7, 11) is 1.94. The van der Waals surface area contributed by atoms with E-state index in [-0.39, 0.29) is 0 Å². The predicted molar refractivity (Wildman–Crippen MR) is 80.2 cm³/mol. The fourth-order valence-corrected chi connectivity index (χ4v) is 2.28. The van der Waals surface area contributed by atoms with Crippen molar-refractivity contribution in [1.29, 1.82) is 0 Å². The van der Waals surface area contributed by atoms with E-state index < -0.39 is 0 Å². The summed E-state index contributed by atoms with van der Waals surface area (Å²) in [6, 6.07) is 13.0. The molecule has 1 aromatic carbocycles. The topological polar surface area (TPSA) is 29.9 Å². The number of hydrogen-bond acceptors (Lipinski definition) is 2. The van der Waals surface area contributed by atoms with E-state index in [0.717, 1.165) is 12.2 Å². The van der Waals surface area contributed by atoms with Crippen molar-refractivity contribution in [2.45, 2.75) is 38.6 Å². The van der Waals surface area contributed by atoms with Crippen molar-refractivity contribution in [3.63, 3.8) is 0 Å². The smallest absolute Gasteiger partial charge is 0.148 e. The van der Waals surface area contributed by atoms with Crippen LogP contribution in [0.3, 0.4) is 0 Å². The van der Waals surface area contributed by atoms with Crippen LogP contribution >= 0.6 is 0 Å². The number of nitrogens with zero attached hydrogens (tertiary/aromatic N) is 2. The number of rotatable bonds is 7. The van der Waals surface area contributed by atoms with Gasteiger partial charge in [-0.1, -0.05) is 56.5 Å². The Morgan fingerprint density at radius 3 is 2.58 bits per heavy atom. The maximum atomic E-state index is 4.41. The molecule has 0 radical (unpaired) electrons. The van der Waals surface area contributed by atoms with Gasteiger partial charge in [-0.25, -0.2) is 0 Å². The van der Waals surface area contributed by atoms with Crippen molar-refractivity contribution >= 4 is 5.82 Å². The number of anilines is 1. The molecule has 2 aromatic rings. The molecule has 1 heterocycles. The van der Waals surface area contributed by atoms with Gasteiger partial charge >= 0.3 is 0 Å². The van der Waals surface area contributed by atoms with Gasteiger partial charge in [0.1, 0.15) is 5.82 Å². The molecule has 0 bridgehead atoms. The van der Waals surface area contributed by atoms with Crippen molar-refractivity contribution in [2.75, 3.05) is 5.32 Å². The lowest BCUT2D eigenvalue weighted by atomic mass is 10.0. The Hall–Kier alpha value is -1.77. The summed E-state index contributed by atoms with van der Waals surface area (Å²) in [6.45, 7) is 2.24. The minimum atomic E-state index is 0.350. The summed E-state index contributed by atoms with van der Waals surface area (Å²) in [4.78, 5) is 0. The van der Waals surface area contributed by atoms with Crippen LogP contribution in [0.25, 0.3) is 0 Å². The average Bonchev–Trinajstić information content (AvgIpc) is 2.84. The summed E-state index contributed by atoms with van der Waals surface area (Å²) in [5, 5.41) is 7.95. The van der Waals surface area contributed by atoms with E-state index in [1.807, 2.05) is 24.0 Å². The normalized spacial score (nSPS) is 12.3. The zero-order chi connectivity index (χ0) is 13.5. The Balaban J connectivity index is 2.05. The molecule has 0 aliphatic rings. The van der Waals surface area contributed by atoms with Gasteiger partial charge in [0.05, 0.1) is 6.04 Å². The third-order valence-corrected chi connectivity index (χ3v) is 3.33. The molecule has 1 N–H and O–H groups in total. The molecule has 0 saturated heterocycles. The van der Waals surface area contributed by atoms with Gasteiger partial charge in [0, 0.05) is 19.3 Å². The van der Waals surface area contributed by atoms with Crippen molar-refractivity contribution in [1.82, 2.24) is 9.78 Å². The zero-order valence-electron chi connectivity index (χ0n) is 11.8. The van der Waals surface area contributed by atoms with E-state index in [4.69, 9.17) is 0 Å². The van der Waals surface area contributed by atoms with E-state index in [1.165, 1.54) is 24.8 Å². The maximum Gasteiger partial charge on any atom is 0.148 e. The van der Waals surface area contributed by atoms with Crippen LogP contribution in [-0.2, 0) is 7.05 Å². The van der Waals surface area contributed by atoms with E-state index in [0.29, 0.717) is 6.04 Å². The van der Waals surface area contributed by atoms with Crippen LogP contribution in [0.2, 0.25) is 0 Å². The van der Waals surface area contributed by atoms with Gasteiger partial charge in [0.2, 0.25) is 0 Å². The van der Waals surface area contributed by atoms with Gasteiger partial charge in [0.25, 0.3) is 0 Å². The van der Waals surface area contributed by atoms with Gasteiger partial charge in [-0.2, -0.15) is 5.10 Å². The molecule has 102 valence electrons. The van der Waals surface area contributed by atoms with Gasteiger partial charge < -0.3 is 5.32 Å². The minimum absolute atomic E-state index is 0.350. The second-order valence-corrected chi connectivity index (χ2v) is 4.98. The van der Waals surface area contributed by atoms with Crippen LogP contribution in [0.1, 0.15) is 44.2 Å². The lowest BCUT2D eigenvalue weighted by Gasteiger charge is -2.18. The lowest BCUT2D eigenvalue weighted by Crippen LogP contribution is -2.11. The van der Waals surface area contributed by atoms with Crippen LogP contribution < -0.4 is 5.32 Å². The Morgan fingerprint density at radius 1 is 1.16 bits per heavy atom. The van der Waals surface area contributed by atoms with E-state index in [2.05, 4.69) is 47.7 Å². The predicted octanol–water partition coefficient (Wildman–Crippen LogP) is 4.15. The van der Waals surface area contributed by atoms with E-state index >= 15 is 0 Å². The van der Waals surface area contributed by atoms with Crippen LogP contribution in [0.4, 0.5) is 5.82 Å². The summed E-state index contributed by atoms with van der Waals surface area (Å²) < 4.78 is 1.83. The molecule has 1 aromatic heterocycles. The number of benzene rings is 1. The van der Waals surface area contributed by atoms with Crippen molar-refractivity contribution in [3.05, 3.63) is 48.2 Å². The fraction of sp³-hybridized carbons (Fsp3) is 0.438. The average molecular weight is 257 g/mol. The first-order chi connectivity index (χ1) is 9.29. The second-order valence-electron chi connectivity index (χ2n) is 4.98. The molecule has 0 amide bonds. The fourth-order valence-electron chi connectivity index (χ4n) is 2.28. The Bertz CT molecular complexity index is 476. The first-order valence-corrected chi connectivity index (χ1v) is 7.10. The number of nitrogens with one attached hydrogen (secondary N) is 1. The standard InChI is InChI=1S/C16H23N3/c1-3-4-6-11-15(14-9-7-5-8-10-14)17-16-12-13-19(2)18-16/h5,7-10,12-13,15H,3-4,6,11H2,1-2H3,(H,17,18). The molecule has 1 atom stereocenters. The molecule has 3 heteroatoms. The van der Waals surface area contributed by atoms with Crippen molar-refractivity contribution in [2.24, 2.45) is 7.05 Å². The van der Waals surface area contributed by atoms with Gasteiger partial charge in [0.15, 0.2) is 0 Å². The summed E-state index contributed by atoms with van der Waals surface area (Å²) in [5.41, 5.74) is 1.34. The molecular formula is C16H23N3. The van der Waals surface area contributed by atoms with E-state index in [9.17, 15) is 0 Å².